The molecule has 102 valence electrons. The lowest BCUT2D eigenvalue weighted by atomic mass is 9.51. The molecule has 1 aliphatic heterocycles. The van der Waals surface area contributed by atoms with E-state index in [2.05, 4.69) is 48.5 Å². The summed E-state index contributed by atoms with van der Waals surface area (Å²) >= 11 is 0. The first-order chi connectivity index (χ1) is 7.73. The van der Waals surface area contributed by atoms with Crippen LogP contribution in [-0.4, -0.2) is 6.29 Å². The van der Waals surface area contributed by atoms with Gasteiger partial charge in [-0.15, -0.1) is 0 Å². The minimum absolute atomic E-state index is 0.0226. The molecule has 2 heteroatoms. The van der Waals surface area contributed by atoms with Crippen molar-refractivity contribution in [2.24, 2.45) is 16.2 Å². The molecule has 1 aliphatic rings. The van der Waals surface area contributed by atoms with E-state index in [1.54, 1.807) is 0 Å². The number of hydrogen-bond acceptors (Lipinski definition) is 2. The molecule has 0 N–H and O–H groups in total. The highest BCUT2D eigenvalue weighted by Gasteiger charge is 2.61. The molecule has 0 bridgehead atoms. The lowest BCUT2D eigenvalue weighted by Gasteiger charge is -2.52. The van der Waals surface area contributed by atoms with Gasteiger partial charge in [0.15, 0.2) is 0 Å². The molecule has 1 saturated heterocycles. The van der Waals surface area contributed by atoms with Crippen LogP contribution in [0.4, 0.5) is 0 Å². The summed E-state index contributed by atoms with van der Waals surface area (Å²) in [6.45, 7) is 16.3. The summed E-state index contributed by atoms with van der Waals surface area (Å²) in [5.41, 5.74) is 0.509. The smallest absolute Gasteiger partial charge is 0.198 e. The zero-order valence-corrected chi connectivity index (χ0v) is 12.7. The van der Waals surface area contributed by atoms with Crippen LogP contribution in [0.2, 0.25) is 0 Å². The molecule has 0 radical (unpaired) electrons. The molecule has 0 amide bonds. The Kier molecular flexibility index (Phi) is 4.31. The monoisotopic (exact) mass is 242 g/mol. The fourth-order valence-corrected chi connectivity index (χ4v) is 3.54. The van der Waals surface area contributed by atoms with E-state index in [0.29, 0.717) is 0 Å². The highest BCUT2D eigenvalue weighted by Crippen LogP contribution is 2.61. The van der Waals surface area contributed by atoms with E-state index in [4.69, 9.17) is 9.78 Å². The molecule has 0 aromatic carbocycles. The van der Waals surface area contributed by atoms with Crippen molar-refractivity contribution < 1.29 is 9.78 Å². The Bertz CT molecular complexity index is 234. The Morgan fingerprint density at radius 3 is 1.35 bits per heavy atom. The van der Waals surface area contributed by atoms with Gasteiger partial charge in [-0.2, -0.15) is 9.78 Å². The molecule has 1 heterocycles. The van der Waals surface area contributed by atoms with Crippen molar-refractivity contribution in [3.63, 3.8) is 0 Å². The van der Waals surface area contributed by atoms with E-state index in [1.165, 1.54) is 25.7 Å². The Morgan fingerprint density at radius 1 is 0.765 bits per heavy atom. The van der Waals surface area contributed by atoms with Crippen molar-refractivity contribution in [1.29, 1.82) is 0 Å². The standard InChI is InChI=1S/C15H30O2/c1-8-10-13(3,4)15(7,12-16-17-12)14(5,6)11-9-2/h12H,8-11H2,1-7H3. The molecule has 2 nitrogen and oxygen atoms in total. The molecule has 1 fully saturated rings. The predicted molar refractivity (Wildman–Crippen MR) is 71.4 cm³/mol. The summed E-state index contributed by atoms with van der Waals surface area (Å²) in [4.78, 5) is 10.5. The van der Waals surface area contributed by atoms with Crippen molar-refractivity contribution in [2.75, 3.05) is 0 Å². The van der Waals surface area contributed by atoms with Gasteiger partial charge in [0, 0.05) is 5.41 Å². The van der Waals surface area contributed by atoms with E-state index < -0.39 is 0 Å². The Balaban J connectivity index is 3.04. The van der Waals surface area contributed by atoms with Gasteiger partial charge in [-0.3, -0.25) is 0 Å². The Labute approximate surface area is 107 Å². The van der Waals surface area contributed by atoms with Crippen LogP contribution in [0.25, 0.3) is 0 Å². The topological polar surface area (TPSA) is 25.1 Å². The van der Waals surface area contributed by atoms with Crippen molar-refractivity contribution in [1.82, 2.24) is 0 Å². The SMILES string of the molecule is CCCC(C)(C)C(C)(C1OO1)C(C)(C)CCC. The second kappa shape index (κ2) is 4.89. The first-order valence-corrected chi connectivity index (χ1v) is 7.05. The molecular formula is C15H30O2. The second-order valence-corrected chi connectivity index (χ2v) is 6.99. The third-order valence-corrected chi connectivity index (χ3v) is 5.23. The molecule has 0 saturated carbocycles. The van der Waals surface area contributed by atoms with Crippen LogP contribution in [-0.2, 0) is 9.78 Å². The average Bonchev–Trinajstić information content (AvgIpc) is 2.98. The van der Waals surface area contributed by atoms with Crippen molar-refractivity contribution in [2.45, 2.75) is 80.4 Å². The molecule has 0 aliphatic carbocycles. The van der Waals surface area contributed by atoms with E-state index in [1.807, 2.05) is 0 Å². The molecule has 0 atom stereocenters. The second-order valence-electron chi connectivity index (χ2n) is 6.99. The van der Waals surface area contributed by atoms with Crippen molar-refractivity contribution >= 4 is 0 Å². The third-order valence-electron chi connectivity index (χ3n) is 5.23. The maximum absolute atomic E-state index is 5.24. The summed E-state index contributed by atoms with van der Waals surface area (Å²) in [6.07, 6.45) is 4.81. The van der Waals surface area contributed by atoms with Crippen molar-refractivity contribution in [3.05, 3.63) is 0 Å². The van der Waals surface area contributed by atoms with E-state index >= 15 is 0 Å². The van der Waals surface area contributed by atoms with Gasteiger partial charge in [-0.05, 0) is 23.7 Å². The van der Waals surface area contributed by atoms with E-state index in [0.717, 1.165) is 0 Å². The van der Waals surface area contributed by atoms with Crippen LogP contribution in [0.3, 0.4) is 0 Å². The highest BCUT2D eigenvalue weighted by molar-refractivity contribution is 5.02. The fraction of sp³-hybridized carbons (Fsp3) is 1.00. The van der Waals surface area contributed by atoms with Gasteiger partial charge in [-0.25, -0.2) is 0 Å². The zero-order valence-electron chi connectivity index (χ0n) is 12.7. The molecule has 17 heavy (non-hydrogen) atoms. The van der Waals surface area contributed by atoms with Gasteiger partial charge in [0.1, 0.15) is 0 Å². The number of rotatable bonds is 7. The predicted octanol–water partition coefficient (Wildman–Crippen LogP) is 4.93. The van der Waals surface area contributed by atoms with Crippen molar-refractivity contribution in [3.8, 4) is 0 Å². The van der Waals surface area contributed by atoms with Gasteiger partial charge in [-0.1, -0.05) is 61.3 Å². The van der Waals surface area contributed by atoms with Gasteiger partial charge in [0.05, 0.1) is 0 Å². The Hall–Kier alpha value is -0.0800. The van der Waals surface area contributed by atoms with Gasteiger partial charge < -0.3 is 0 Å². The first kappa shape index (κ1) is 15.0. The van der Waals surface area contributed by atoms with Crippen LogP contribution >= 0.6 is 0 Å². The zero-order chi connectivity index (χ0) is 13.3. The molecule has 0 unspecified atom stereocenters. The fourth-order valence-electron chi connectivity index (χ4n) is 3.54. The summed E-state index contributed by atoms with van der Waals surface area (Å²) in [5, 5.41) is 0. The largest absolute Gasteiger partial charge is 0.230 e. The lowest BCUT2D eigenvalue weighted by molar-refractivity contribution is -0.0728. The first-order valence-electron chi connectivity index (χ1n) is 7.05. The molecule has 0 aromatic rings. The van der Waals surface area contributed by atoms with E-state index in [-0.39, 0.29) is 22.5 Å². The van der Waals surface area contributed by atoms with Crippen LogP contribution in [0, 0.1) is 16.2 Å². The van der Waals surface area contributed by atoms with Gasteiger partial charge in [0.2, 0.25) is 6.29 Å². The van der Waals surface area contributed by atoms with Crippen LogP contribution < -0.4 is 0 Å². The molecular weight excluding hydrogens is 212 g/mol. The van der Waals surface area contributed by atoms with Crippen LogP contribution in [0.1, 0.15) is 74.1 Å². The van der Waals surface area contributed by atoms with Crippen LogP contribution in [0.5, 0.6) is 0 Å². The summed E-state index contributed by atoms with van der Waals surface area (Å²) < 4.78 is 0. The van der Waals surface area contributed by atoms with E-state index in [9.17, 15) is 0 Å². The molecule has 1 rings (SSSR count). The third kappa shape index (κ3) is 2.53. The van der Waals surface area contributed by atoms with Gasteiger partial charge >= 0.3 is 0 Å². The minimum Gasteiger partial charge on any atom is -0.198 e. The summed E-state index contributed by atoms with van der Waals surface area (Å²) in [7, 11) is 0. The maximum atomic E-state index is 5.24. The summed E-state index contributed by atoms with van der Waals surface area (Å²) in [6, 6.07) is 0. The quantitative estimate of drug-likeness (QED) is 0.467. The maximum Gasteiger partial charge on any atom is 0.230 e. The minimum atomic E-state index is -0.0226. The van der Waals surface area contributed by atoms with Crippen LogP contribution in [0.15, 0.2) is 0 Å². The average molecular weight is 242 g/mol. The highest BCUT2D eigenvalue weighted by atomic mass is 17.4. The normalized spacial score (nSPS) is 18.5. The number of hydrogen-bond donors (Lipinski definition) is 0. The lowest BCUT2D eigenvalue weighted by Crippen LogP contribution is -2.50. The molecule has 0 spiro atoms. The Morgan fingerprint density at radius 2 is 1.12 bits per heavy atom. The molecule has 0 aromatic heterocycles. The summed E-state index contributed by atoms with van der Waals surface area (Å²) in [5.74, 6) is 0. The van der Waals surface area contributed by atoms with Gasteiger partial charge in [0.25, 0.3) is 0 Å².